The van der Waals surface area contributed by atoms with E-state index >= 15 is 0 Å². The Morgan fingerprint density at radius 3 is 1.50 bits per heavy atom. The van der Waals surface area contributed by atoms with Gasteiger partial charge in [0.1, 0.15) is 11.5 Å². The maximum absolute atomic E-state index is 14.5. The van der Waals surface area contributed by atoms with Crippen molar-refractivity contribution in [2.75, 3.05) is 13.2 Å². The number of unbranched alkanes of at least 4 members (excludes halogenated alkanes) is 17. The molecule has 0 bridgehead atoms. The van der Waals surface area contributed by atoms with E-state index in [4.69, 9.17) is 9.47 Å². The molecule has 0 spiro atoms. The molecular weight excluding hydrogens is 735 g/mol. The van der Waals surface area contributed by atoms with Crippen LogP contribution in [0.4, 0.5) is 0 Å². The summed E-state index contributed by atoms with van der Waals surface area (Å²) < 4.78 is 17.3. The van der Waals surface area contributed by atoms with E-state index in [1.54, 1.807) is 11.3 Å². The van der Waals surface area contributed by atoms with E-state index in [0.717, 1.165) is 93.8 Å². The van der Waals surface area contributed by atoms with Gasteiger partial charge < -0.3 is 9.47 Å². The zero-order chi connectivity index (χ0) is 41.1. The van der Waals surface area contributed by atoms with Crippen LogP contribution < -0.4 is 20.6 Å². The smallest absolute Gasteiger partial charge is 0.261 e. The molecule has 0 amide bonds. The standard InChI is InChI=1S/C52H77NO4S/c1-6-11-14-15-16-17-18-19-20-21-22-23-24-25-26-29-34-53-51(54)42-35-44(56-37-39(9-4)30-12-7-2)48-41-32-27-28-33-46(41)58-50-45(57-38-40(10-5)31-13-8-3)36-43(52(53)55)47(42)49(48)50/h27-28,32-33,35-36,39-40H,6-26,29-31,34,37-38H2,1-5H3. The first-order valence-corrected chi connectivity index (χ1v) is 24.8. The molecule has 5 rings (SSSR count). The summed E-state index contributed by atoms with van der Waals surface area (Å²) in [5, 5.41) is 4.96. The Hall–Kier alpha value is -3.12. The largest absolute Gasteiger partial charge is 0.493 e. The number of hydrogen-bond donors (Lipinski definition) is 0. The normalized spacial score (nSPS) is 13.1. The Kier molecular flexibility index (Phi) is 19.7. The van der Waals surface area contributed by atoms with Gasteiger partial charge in [0.05, 0.1) is 28.7 Å². The average molecular weight is 812 g/mol. The summed E-state index contributed by atoms with van der Waals surface area (Å²) in [6.07, 6.45) is 29.7. The summed E-state index contributed by atoms with van der Waals surface area (Å²) in [6, 6.07) is 12.4. The number of pyridine rings is 1. The number of ether oxygens (including phenoxy) is 2. The van der Waals surface area contributed by atoms with Crippen LogP contribution >= 0.6 is 11.3 Å². The van der Waals surface area contributed by atoms with E-state index in [-0.39, 0.29) is 11.1 Å². The Morgan fingerprint density at radius 2 is 0.983 bits per heavy atom. The number of fused-ring (bicyclic) bond motifs is 2. The summed E-state index contributed by atoms with van der Waals surface area (Å²) >= 11 is 1.70. The molecule has 0 aliphatic rings. The van der Waals surface area contributed by atoms with Gasteiger partial charge in [0, 0.05) is 32.8 Å². The minimum absolute atomic E-state index is 0.193. The van der Waals surface area contributed by atoms with Crippen LogP contribution in [0.2, 0.25) is 0 Å². The van der Waals surface area contributed by atoms with E-state index in [1.807, 2.05) is 12.1 Å². The van der Waals surface area contributed by atoms with Gasteiger partial charge in [-0.3, -0.25) is 14.2 Å². The first-order valence-electron chi connectivity index (χ1n) is 24.0. The lowest BCUT2D eigenvalue weighted by molar-refractivity contribution is 0.235. The van der Waals surface area contributed by atoms with Crippen molar-refractivity contribution in [1.82, 2.24) is 4.57 Å². The van der Waals surface area contributed by atoms with Gasteiger partial charge >= 0.3 is 0 Å². The third-order valence-corrected chi connectivity index (χ3v) is 14.1. The van der Waals surface area contributed by atoms with Crippen LogP contribution in [0, 0.1) is 11.8 Å². The van der Waals surface area contributed by atoms with E-state index in [2.05, 4.69) is 58.9 Å². The quantitative estimate of drug-likeness (QED) is 0.0254. The SMILES string of the molecule is CCCCCCCCCCCCCCCCCCn1c(=O)c2cc(OCC(CC)CCCC)c3sc4ccccc4c4c(OCC(CC)CCCC)cc(c1=O)c2c34. The molecule has 0 aliphatic heterocycles. The summed E-state index contributed by atoms with van der Waals surface area (Å²) in [5.41, 5.74) is -0.385. The maximum atomic E-state index is 14.5. The molecule has 2 unspecified atom stereocenters. The minimum atomic E-state index is -0.193. The molecule has 0 aliphatic carbocycles. The molecule has 0 saturated carbocycles. The summed E-state index contributed by atoms with van der Waals surface area (Å²) in [6.45, 7) is 12.9. The minimum Gasteiger partial charge on any atom is -0.493 e. The highest BCUT2D eigenvalue weighted by Gasteiger charge is 2.25. The van der Waals surface area contributed by atoms with Crippen molar-refractivity contribution in [1.29, 1.82) is 0 Å². The number of hydrogen-bond acceptors (Lipinski definition) is 5. The third kappa shape index (κ3) is 12.2. The zero-order valence-corrected chi connectivity index (χ0v) is 38.0. The first kappa shape index (κ1) is 46.0. The molecule has 320 valence electrons. The Bertz CT molecular complexity index is 2030. The van der Waals surface area contributed by atoms with Gasteiger partial charge in [-0.05, 0) is 49.3 Å². The molecule has 0 radical (unpaired) electrons. The van der Waals surface area contributed by atoms with Gasteiger partial charge in [-0.25, -0.2) is 0 Å². The highest BCUT2D eigenvalue weighted by atomic mass is 32.1. The highest BCUT2D eigenvalue weighted by Crippen LogP contribution is 2.48. The molecule has 6 heteroatoms. The predicted molar refractivity (Wildman–Crippen MR) is 253 cm³/mol. The van der Waals surface area contributed by atoms with E-state index in [0.29, 0.717) is 42.4 Å². The molecule has 2 aromatic heterocycles. The maximum Gasteiger partial charge on any atom is 0.261 e. The number of rotatable bonds is 31. The molecule has 2 atom stereocenters. The average Bonchev–Trinajstić information content (AvgIpc) is 3.24. The predicted octanol–water partition coefficient (Wildman–Crippen LogP) is 15.8. The summed E-state index contributed by atoms with van der Waals surface area (Å²) in [7, 11) is 0. The fraction of sp³-hybridized carbons (Fsp3) is 0.654. The van der Waals surface area contributed by atoms with E-state index < -0.39 is 0 Å². The molecular formula is C52H77NO4S. The van der Waals surface area contributed by atoms with Crippen molar-refractivity contribution in [2.24, 2.45) is 11.8 Å². The summed E-state index contributed by atoms with van der Waals surface area (Å²) in [5.74, 6) is 2.38. The topological polar surface area (TPSA) is 57.5 Å². The molecule has 0 fully saturated rings. The van der Waals surface area contributed by atoms with Gasteiger partial charge in [-0.1, -0.05) is 188 Å². The zero-order valence-electron chi connectivity index (χ0n) is 37.2. The Balaban J connectivity index is 1.38. The highest BCUT2D eigenvalue weighted by molar-refractivity contribution is 7.25. The van der Waals surface area contributed by atoms with Crippen molar-refractivity contribution < 1.29 is 9.47 Å². The van der Waals surface area contributed by atoms with E-state index in [9.17, 15) is 9.59 Å². The number of aromatic nitrogens is 1. The Labute approximate surface area is 354 Å². The number of benzene rings is 3. The van der Waals surface area contributed by atoms with Gasteiger partial charge in [0.15, 0.2) is 0 Å². The first-order chi connectivity index (χ1) is 28.5. The Morgan fingerprint density at radius 1 is 0.517 bits per heavy atom. The lowest BCUT2D eigenvalue weighted by atomic mass is 9.95. The fourth-order valence-electron chi connectivity index (χ4n) is 8.97. The lowest BCUT2D eigenvalue weighted by Gasteiger charge is -2.22. The van der Waals surface area contributed by atoms with Crippen LogP contribution in [0.15, 0.2) is 46.0 Å². The van der Waals surface area contributed by atoms with Gasteiger partial charge in [0.2, 0.25) is 0 Å². The second kappa shape index (κ2) is 24.8. The van der Waals surface area contributed by atoms with Gasteiger partial charge in [-0.15, -0.1) is 11.3 Å². The molecule has 5 nitrogen and oxygen atoms in total. The molecule has 58 heavy (non-hydrogen) atoms. The van der Waals surface area contributed by atoms with Crippen molar-refractivity contribution in [3.8, 4) is 11.5 Å². The van der Waals surface area contributed by atoms with Gasteiger partial charge in [0.25, 0.3) is 11.1 Å². The van der Waals surface area contributed by atoms with Crippen LogP contribution in [-0.2, 0) is 6.54 Å². The lowest BCUT2D eigenvalue weighted by Crippen LogP contribution is -2.33. The van der Waals surface area contributed by atoms with Gasteiger partial charge in [-0.2, -0.15) is 0 Å². The van der Waals surface area contributed by atoms with Crippen LogP contribution in [0.1, 0.15) is 189 Å². The second-order valence-corrected chi connectivity index (χ2v) is 18.5. The van der Waals surface area contributed by atoms with Crippen LogP contribution in [0.3, 0.4) is 0 Å². The summed E-state index contributed by atoms with van der Waals surface area (Å²) in [4.78, 5) is 29.0. The molecule has 0 N–H and O–H groups in total. The van der Waals surface area contributed by atoms with Crippen molar-refractivity contribution in [3.05, 3.63) is 57.1 Å². The van der Waals surface area contributed by atoms with Crippen molar-refractivity contribution in [2.45, 2.75) is 195 Å². The van der Waals surface area contributed by atoms with Crippen LogP contribution in [0.25, 0.3) is 41.7 Å². The molecule has 5 aromatic rings. The fourth-order valence-corrected chi connectivity index (χ4v) is 10.1. The third-order valence-electron chi connectivity index (χ3n) is 12.9. The van der Waals surface area contributed by atoms with Crippen molar-refractivity contribution >= 4 is 53.1 Å². The van der Waals surface area contributed by atoms with Crippen molar-refractivity contribution in [3.63, 3.8) is 0 Å². The second-order valence-electron chi connectivity index (χ2n) is 17.4. The monoisotopic (exact) mass is 812 g/mol. The van der Waals surface area contributed by atoms with Crippen LogP contribution in [-0.4, -0.2) is 17.8 Å². The number of nitrogens with zero attached hydrogens (tertiary/aromatic N) is 1. The van der Waals surface area contributed by atoms with E-state index in [1.165, 1.54) is 107 Å². The molecule has 0 saturated heterocycles. The van der Waals surface area contributed by atoms with Crippen LogP contribution in [0.5, 0.6) is 11.5 Å². The molecule has 3 aromatic carbocycles. The molecule has 2 heterocycles.